The van der Waals surface area contributed by atoms with Crippen LogP contribution in [-0.4, -0.2) is 54.0 Å². The van der Waals surface area contributed by atoms with Gasteiger partial charge in [-0.2, -0.15) is 5.10 Å². The summed E-state index contributed by atoms with van der Waals surface area (Å²) in [7, 11) is 1.87. The van der Waals surface area contributed by atoms with E-state index in [0.717, 1.165) is 22.3 Å². The number of carbonyl (C=O) groups is 1. The summed E-state index contributed by atoms with van der Waals surface area (Å²) in [6.07, 6.45) is 3.23. The van der Waals surface area contributed by atoms with Gasteiger partial charge in [0, 0.05) is 54.5 Å². The molecule has 1 amide bonds. The number of nitrogens with one attached hydrogen (secondary N) is 1. The average Bonchev–Trinajstić information content (AvgIpc) is 3.29. The van der Waals surface area contributed by atoms with Crippen molar-refractivity contribution in [3.8, 4) is 28.3 Å². The second kappa shape index (κ2) is 6.84. The van der Waals surface area contributed by atoms with Crippen molar-refractivity contribution in [1.29, 1.82) is 0 Å². The Bertz CT molecular complexity index is 1280. The van der Waals surface area contributed by atoms with Crippen LogP contribution in [-0.2, 0) is 11.8 Å². The quantitative estimate of drug-likeness (QED) is 0.513. The Labute approximate surface area is 172 Å². The third kappa shape index (κ3) is 2.85. The van der Waals surface area contributed by atoms with Gasteiger partial charge in [0.15, 0.2) is 5.65 Å². The van der Waals surface area contributed by atoms with Crippen molar-refractivity contribution >= 4 is 16.9 Å². The van der Waals surface area contributed by atoms with Crippen molar-refractivity contribution in [2.24, 2.45) is 7.05 Å². The molecule has 4 aromatic rings. The molecule has 4 heterocycles. The molecule has 0 aliphatic carbocycles. The highest BCUT2D eigenvalue weighted by Gasteiger charge is 2.34. The maximum atomic E-state index is 11.9. The van der Waals surface area contributed by atoms with Gasteiger partial charge in [0.2, 0.25) is 5.91 Å². The van der Waals surface area contributed by atoms with Crippen LogP contribution >= 0.6 is 0 Å². The topological polar surface area (TPSA) is 99.9 Å². The first-order chi connectivity index (χ1) is 14.5. The summed E-state index contributed by atoms with van der Waals surface area (Å²) in [6.45, 7) is 4.78. The van der Waals surface area contributed by atoms with E-state index < -0.39 is 0 Å². The summed E-state index contributed by atoms with van der Waals surface area (Å²) >= 11 is 0. The number of phenols is 1. The SMILES string of the molecule is C=CC(=O)N1CC(c2[nH]c3nnc(-c4ccccc4O)cc3c2-c2ccn(C)n2)C1. The lowest BCUT2D eigenvalue weighted by Crippen LogP contribution is -2.48. The number of hydrogen-bond donors (Lipinski definition) is 2. The van der Waals surface area contributed by atoms with Crippen LogP contribution in [0.4, 0.5) is 0 Å². The molecule has 0 saturated carbocycles. The van der Waals surface area contributed by atoms with Gasteiger partial charge in [-0.3, -0.25) is 9.48 Å². The zero-order chi connectivity index (χ0) is 20.8. The molecular formula is C22H20N6O2. The number of amides is 1. The van der Waals surface area contributed by atoms with Gasteiger partial charge in [0.05, 0.1) is 11.4 Å². The molecule has 0 spiro atoms. The van der Waals surface area contributed by atoms with Gasteiger partial charge >= 0.3 is 0 Å². The number of aromatic amines is 1. The lowest BCUT2D eigenvalue weighted by Gasteiger charge is -2.38. The molecule has 0 unspecified atom stereocenters. The summed E-state index contributed by atoms with van der Waals surface area (Å²) in [5, 5.41) is 24.4. The fourth-order valence-electron chi connectivity index (χ4n) is 3.93. The number of para-hydroxylation sites is 1. The summed E-state index contributed by atoms with van der Waals surface area (Å²) < 4.78 is 1.75. The van der Waals surface area contributed by atoms with Crippen LogP contribution in [0.1, 0.15) is 11.6 Å². The molecule has 0 radical (unpaired) electrons. The third-order valence-electron chi connectivity index (χ3n) is 5.51. The second-order valence-corrected chi connectivity index (χ2v) is 7.44. The molecule has 0 atom stereocenters. The van der Waals surface area contributed by atoms with Crippen molar-refractivity contribution in [3.05, 3.63) is 60.9 Å². The molecule has 1 saturated heterocycles. The number of rotatable bonds is 4. The molecule has 3 aromatic heterocycles. The van der Waals surface area contributed by atoms with E-state index in [-0.39, 0.29) is 17.6 Å². The molecule has 1 aliphatic rings. The molecule has 5 rings (SSSR count). The number of likely N-dealkylation sites (tertiary alicyclic amines) is 1. The molecule has 8 heteroatoms. The maximum absolute atomic E-state index is 11.9. The number of nitrogens with zero attached hydrogens (tertiary/aromatic N) is 5. The largest absolute Gasteiger partial charge is 0.507 e. The Morgan fingerprint density at radius 1 is 1.23 bits per heavy atom. The minimum absolute atomic E-state index is 0.0663. The number of aromatic hydroxyl groups is 1. The van der Waals surface area contributed by atoms with Gasteiger partial charge in [-0.25, -0.2) is 0 Å². The summed E-state index contributed by atoms with van der Waals surface area (Å²) in [5.74, 6) is 0.232. The number of phenolic OH excluding ortho intramolecular Hbond substituents is 1. The smallest absolute Gasteiger partial charge is 0.245 e. The maximum Gasteiger partial charge on any atom is 0.245 e. The van der Waals surface area contributed by atoms with Gasteiger partial charge in [-0.15, -0.1) is 10.2 Å². The third-order valence-corrected chi connectivity index (χ3v) is 5.51. The summed E-state index contributed by atoms with van der Waals surface area (Å²) in [4.78, 5) is 17.0. The highest BCUT2D eigenvalue weighted by Crippen LogP contribution is 2.39. The van der Waals surface area contributed by atoms with Gasteiger partial charge in [0.25, 0.3) is 0 Å². The Hall–Kier alpha value is -3.94. The van der Waals surface area contributed by atoms with Crippen molar-refractivity contribution < 1.29 is 9.90 Å². The number of hydrogen-bond acceptors (Lipinski definition) is 5. The first kappa shape index (κ1) is 18.1. The van der Waals surface area contributed by atoms with Crippen LogP contribution in [0, 0.1) is 0 Å². The highest BCUT2D eigenvalue weighted by atomic mass is 16.3. The van der Waals surface area contributed by atoms with Gasteiger partial charge in [-0.05, 0) is 30.3 Å². The van der Waals surface area contributed by atoms with Crippen LogP contribution in [0.5, 0.6) is 5.75 Å². The van der Waals surface area contributed by atoms with Gasteiger partial charge in [0.1, 0.15) is 5.75 Å². The fraction of sp³-hybridized carbons (Fsp3) is 0.182. The first-order valence-electron chi connectivity index (χ1n) is 9.64. The molecule has 1 aromatic carbocycles. The van der Waals surface area contributed by atoms with E-state index >= 15 is 0 Å². The van der Waals surface area contributed by atoms with Crippen molar-refractivity contribution in [2.45, 2.75) is 5.92 Å². The van der Waals surface area contributed by atoms with E-state index in [1.165, 1.54) is 6.08 Å². The Morgan fingerprint density at radius 2 is 2.03 bits per heavy atom. The highest BCUT2D eigenvalue weighted by molar-refractivity contribution is 5.97. The van der Waals surface area contributed by atoms with Crippen molar-refractivity contribution in [1.82, 2.24) is 29.9 Å². The number of aryl methyl sites for hydroxylation is 1. The van der Waals surface area contributed by atoms with Crippen LogP contribution in [0.15, 0.2) is 55.3 Å². The molecule has 1 fully saturated rings. The molecule has 1 aliphatic heterocycles. The molecule has 150 valence electrons. The zero-order valence-electron chi connectivity index (χ0n) is 16.4. The Morgan fingerprint density at radius 3 is 2.73 bits per heavy atom. The number of benzene rings is 1. The monoisotopic (exact) mass is 400 g/mol. The van der Waals surface area contributed by atoms with E-state index in [9.17, 15) is 9.90 Å². The minimum atomic E-state index is -0.0663. The van der Waals surface area contributed by atoms with Crippen LogP contribution in [0.2, 0.25) is 0 Å². The number of H-pyrrole nitrogens is 1. The molecule has 8 nitrogen and oxygen atoms in total. The standard InChI is InChI=1S/C22H20N6O2/c1-3-19(30)28-11-13(12-28)21-20(16-8-9-27(2)26-16)15-10-17(24-25-22(15)23-21)14-6-4-5-7-18(14)29/h3-10,13,29H,1,11-12H2,2H3,(H,23,25). The molecule has 2 N–H and O–H groups in total. The zero-order valence-corrected chi connectivity index (χ0v) is 16.4. The Balaban J connectivity index is 1.64. The van der Waals surface area contributed by atoms with Crippen LogP contribution in [0.25, 0.3) is 33.5 Å². The molecule has 30 heavy (non-hydrogen) atoms. The Kier molecular flexibility index (Phi) is 4.13. The van der Waals surface area contributed by atoms with Gasteiger partial charge in [-0.1, -0.05) is 18.7 Å². The van der Waals surface area contributed by atoms with Crippen molar-refractivity contribution in [2.75, 3.05) is 13.1 Å². The number of fused-ring (bicyclic) bond motifs is 1. The predicted octanol–water partition coefficient (Wildman–Crippen LogP) is 2.84. The van der Waals surface area contributed by atoms with E-state index in [1.807, 2.05) is 37.5 Å². The van der Waals surface area contributed by atoms with E-state index in [0.29, 0.717) is 30.0 Å². The summed E-state index contributed by atoms with van der Waals surface area (Å²) in [5.41, 5.74) is 4.61. The lowest BCUT2D eigenvalue weighted by atomic mass is 9.91. The second-order valence-electron chi connectivity index (χ2n) is 7.44. The molecule has 0 bridgehead atoms. The van der Waals surface area contributed by atoms with Gasteiger partial charge < -0.3 is 15.0 Å². The first-order valence-corrected chi connectivity index (χ1v) is 9.64. The van der Waals surface area contributed by atoms with E-state index in [1.54, 1.807) is 21.7 Å². The molecular weight excluding hydrogens is 380 g/mol. The minimum Gasteiger partial charge on any atom is -0.507 e. The number of aromatic nitrogens is 5. The fourth-order valence-corrected chi connectivity index (χ4v) is 3.93. The lowest BCUT2D eigenvalue weighted by molar-refractivity contribution is -0.130. The predicted molar refractivity (Wildman–Crippen MR) is 113 cm³/mol. The van der Waals surface area contributed by atoms with E-state index in [2.05, 4.69) is 26.9 Å². The number of carbonyl (C=O) groups excluding carboxylic acids is 1. The average molecular weight is 400 g/mol. The van der Waals surface area contributed by atoms with E-state index in [4.69, 9.17) is 0 Å². The summed E-state index contributed by atoms with van der Waals surface area (Å²) in [6, 6.07) is 10.9. The van der Waals surface area contributed by atoms with Crippen LogP contribution in [0.3, 0.4) is 0 Å². The normalized spacial score (nSPS) is 14.1. The van der Waals surface area contributed by atoms with Crippen LogP contribution < -0.4 is 0 Å². The van der Waals surface area contributed by atoms with Crippen molar-refractivity contribution in [3.63, 3.8) is 0 Å².